The Labute approximate surface area is 201 Å². The molecule has 2 amide bonds. The Morgan fingerprint density at radius 3 is 2.65 bits per heavy atom. The van der Waals surface area contributed by atoms with E-state index >= 15 is 0 Å². The van der Waals surface area contributed by atoms with Gasteiger partial charge in [-0.05, 0) is 46.0 Å². The summed E-state index contributed by atoms with van der Waals surface area (Å²) < 4.78 is 12.2. The largest absolute Gasteiger partial charge is 0.465 e. The summed E-state index contributed by atoms with van der Waals surface area (Å²) in [6.45, 7) is 5.28. The van der Waals surface area contributed by atoms with Crippen LogP contribution in [0.5, 0.6) is 0 Å². The zero-order valence-electron chi connectivity index (χ0n) is 20.4. The second-order valence-electron chi connectivity index (χ2n) is 10.1. The summed E-state index contributed by atoms with van der Waals surface area (Å²) in [4.78, 5) is 44.4. The summed E-state index contributed by atoms with van der Waals surface area (Å²) in [7, 11) is 0. The summed E-state index contributed by atoms with van der Waals surface area (Å²) in [6, 6.07) is -0.831. The van der Waals surface area contributed by atoms with Gasteiger partial charge in [0.2, 0.25) is 11.8 Å². The van der Waals surface area contributed by atoms with E-state index in [1.54, 1.807) is 9.80 Å². The number of ether oxygens (including phenoxy) is 2. The number of carbonyl (C=O) groups is 3. The maximum Gasteiger partial charge on any atom is 0.312 e. The van der Waals surface area contributed by atoms with Gasteiger partial charge in [-0.25, -0.2) is 0 Å². The minimum absolute atomic E-state index is 0.0279. The number of allylic oxidation sites excluding steroid dienone is 1. The van der Waals surface area contributed by atoms with Gasteiger partial charge in [0.05, 0.1) is 18.6 Å². The molecule has 0 aliphatic carbocycles. The summed E-state index contributed by atoms with van der Waals surface area (Å²) in [5, 5.41) is 9.06. The zero-order chi connectivity index (χ0) is 24.3. The summed E-state index contributed by atoms with van der Waals surface area (Å²) in [6.07, 6.45) is 12.8. The Kier molecular flexibility index (Phi) is 7.77. The van der Waals surface area contributed by atoms with Crippen LogP contribution in [0.3, 0.4) is 0 Å². The second kappa shape index (κ2) is 10.6. The maximum atomic E-state index is 13.9. The van der Waals surface area contributed by atoms with Crippen LogP contribution in [0.25, 0.3) is 0 Å². The number of hydrogen-bond acceptors (Lipinski definition) is 6. The van der Waals surface area contributed by atoms with Crippen LogP contribution in [-0.4, -0.2) is 82.8 Å². The molecule has 0 aromatic heterocycles. The average Bonchev–Trinajstić information content (AvgIpc) is 3.18. The number of amides is 2. The number of carbonyl (C=O) groups excluding carboxylic acids is 3. The van der Waals surface area contributed by atoms with E-state index in [2.05, 4.69) is 0 Å². The van der Waals surface area contributed by atoms with Crippen LogP contribution in [0, 0.1) is 11.8 Å². The summed E-state index contributed by atoms with van der Waals surface area (Å²) >= 11 is 0. The van der Waals surface area contributed by atoms with Crippen molar-refractivity contribution in [1.29, 1.82) is 0 Å². The number of hydrogen-bond donors (Lipinski definition) is 1. The van der Waals surface area contributed by atoms with E-state index in [0.29, 0.717) is 19.7 Å². The highest BCUT2D eigenvalue weighted by molar-refractivity contribution is 5.99. The van der Waals surface area contributed by atoms with Gasteiger partial charge >= 0.3 is 5.97 Å². The highest BCUT2D eigenvalue weighted by Crippen LogP contribution is 2.53. The minimum Gasteiger partial charge on any atom is -0.465 e. The monoisotopic (exact) mass is 474 g/mol. The van der Waals surface area contributed by atoms with Crippen molar-refractivity contribution in [2.75, 3.05) is 26.3 Å². The fourth-order valence-corrected chi connectivity index (χ4v) is 5.89. The molecule has 4 heterocycles. The molecule has 2 fully saturated rings. The normalized spacial score (nSPS) is 34.5. The van der Waals surface area contributed by atoms with Gasteiger partial charge in [0.25, 0.3) is 0 Å². The van der Waals surface area contributed by atoms with Crippen LogP contribution in [0.2, 0.25) is 0 Å². The summed E-state index contributed by atoms with van der Waals surface area (Å²) in [5.41, 5.74) is -1.18. The van der Waals surface area contributed by atoms with Crippen LogP contribution in [0.4, 0.5) is 0 Å². The maximum absolute atomic E-state index is 13.9. The lowest BCUT2D eigenvalue weighted by atomic mass is 9.78. The molecule has 0 radical (unpaired) electrons. The van der Waals surface area contributed by atoms with Crippen molar-refractivity contribution in [2.45, 2.75) is 82.6 Å². The Hall–Kier alpha value is -2.19. The van der Waals surface area contributed by atoms with E-state index in [1.807, 2.05) is 38.2 Å². The SMILES string of the molecule is CC(C)N1CC=C[C@]23O[C@@H]4/C=C\CCCCOC(=O)[C@@H]4[C@H]2C(=O)N(CCCCCCO)C3C1=O. The van der Waals surface area contributed by atoms with Gasteiger partial charge in [-0.1, -0.05) is 37.1 Å². The third-order valence-corrected chi connectivity index (χ3v) is 7.56. The lowest BCUT2D eigenvalue weighted by Gasteiger charge is -2.36. The van der Waals surface area contributed by atoms with Crippen LogP contribution < -0.4 is 0 Å². The molecular weight excluding hydrogens is 436 g/mol. The number of rotatable bonds is 7. The first-order valence-electron chi connectivity index (χ1n) is 12.8. The molecule has 1 spiro atoms. The molecule has 4 aliphatic heterocycles. The van der Waals surface area contributed by atoms with Crippen LogP contribution in [0.15, 0.2) is 24.3 Å². The third-order valence-electron chi connectivity index (χ3n) is 7.56. The molecule has 1 unspecified atom stereocenters. The number of unbranched alkanes of at least 4 members (excludes halogenated alkanes) is 3. The lowest BCUT2D eigenvalue weighted by Crippen LogP contribution is -2.56. The Bertz CT molecular complexity index is 839. The number of nitrogens with zero attached hydrogens (tertiary/aromatic N) is 2. The molecule has 1 N–H and O–H groups in total. The van der Waals surface area contributed by atoms with Crippen LogP contribution in [0.1, 0.15) is 58.8 Å². The lowest BCUT2D eigenvalue weighted by molar-refractivity contribution is -0.155. The fraction of sp³-hybridized carbons (Fsp3) is 0.731. The van der Waals surface area contributed by atoms with Gasteiger partial charge in [-0.2, -0.15) is 0 Å². The number of aliphatic hydroxyl groups excluding tert-OH is 1. The first-order chi connectivity index (χ1) is 16.4. The molecule has 4 rings (SSSR count). The van der Waals surface area contributed by atoms with Gasteiger partial charge in [0.1, 0.15) is 17.6 Å². The molecule has 188 valence electrons. The van der Waals surface area contributed by atoms with Crippen molar-refractivity contribution < 1.29 is 29.0 Å². The molecule has 2 saturated heterocycles. The van der Waals surface area contributed by atoms with E-state index in [1.165, 1.54) is 0 Å². The molecule has 8 nitrogen and oxygen atoms in total. The minimum atomic E-state index is -1.18. The van der Waals surface area contributed by atoms with Crippen molar-refractivity contribution in [3.05, 3.63) is 24.3 Å². The van der Waals surface area contributed by atoms with E-state index in [-0.39, 0.29) is 24.5 Å². The molecule has 34 heavy (non-hydrogen) atoms. The summed E-state index contributed by atoms with van der Waals surface area (Å²) in [5.74, 6) is -2.31. The van der Waals surface area contributed by atoms with E-state index in [4.69, 9.17) is 14.6 Å². The van der Waals surface area contributed by atoms with Gasteiger partial charge < -0.3 is 24.4 Å². The molecular formula is C26H38N2O6. The standard InChI is InChI=1S/C26H38N2O6/c1-18(2)27-15-11-13-26-21(20-19(34-26)12-7-3-6-10-17-33-25(20)32)23(30)28(22(26)24(27)31)14-8-4-5-9-16-29/h7,11-13,18-22,29H,3-6,8-10,14-17H2,1-2H3/b12-7-/t19-,20+,21+,22?,26+/m1/s1. The van der Waals surface area contributed by atoms with Gasteiger partial charge in [-0.15, -0.1) is 0 Å². The molecule has 4 aliphatic rings. The van der Waals surface area contributed by atoms with Gasteiger partial charge in [0.15, 0.2) is 0 Å². The Balaban J connectivity index is 1.71. The molecule has 0 bridgehead atoms. The molecule has 5 atom stereocenters. The highest BCUT2D eigenvalue weighted by atomic mass is 16.6. The number of esters is 1. The molecule has 0 aromatic rings. The van der Waals surface area contributed by atoms with Crippen molar-refractivity contribution in [2.24, 2.45) is 11.8 Å². The van der Waals surface area contributed by atoms with Crippen molar-refractivity contribution >= 4 is 17.8 Å². The number of aliphatic hydroxyl groups is 1. The topological polar surface area (TPSA) is 96.4 Å². The zero-order valence-corrected chi connectivity index (χ0v) is 20.4. The number of fused-ring (bicyclic) bond motifs is 2. The number of cyclic esters (lactones) is 1. The highest BCUT2D eigenvalue weighted by Gasteiger charge is 2.71. The van der Waals surface area contributed by atoms with E-state index in [0.717, 1.165) is 44.9 Å². The van der Waals surface area contributed by atoms with E-state index < -0.39 is 35.6 Å². The first kappa shape index (κ1) is 24.9. The Morgan fingerprint density at radius 1 is 1.09 bits per heavy atom. The first-order valence-corrected chi connectivity index (χ1v) is 12.8. The molecule has 0 saturated carbocycles. The quantitative estimate of drug-likeness (QED) is 0.345. The van der Waals surface area contributed by atoms with Crippen molar-refractivity contribution in [1.82, 2.24) is 9.80 Å². The van der Waals surface area contributed by atoms with Crippen molar-refractivity contribution in [3.63, 3.8) is 0 Å². The predicted molar refractivity (Wildman–Crippen MR) is 126 cm³/mol. The smallest absolute Gasteiger partial charge is 0.312 e. The second-order valence-corrected chi connectivity index (χ2v) is 10.1. The Morgan fingerprint density at radius 2 is 1.88 bits per heavy atom. The van der Waals surface area contributed by atoms with E-state index in [9.17, 15) is 14.4 Å². The van der Waals surface area contributed by atoms with Gasteiger partial charge in [-0.3, -0.25) is 14.4 Å². The third kappa shape index (κ3) is 4.42. The van der Waals surface area contributed by atoms with Gasteiger partial charge in [0, 0.05) is 25.7 Å². The van der Waals surface area contributed by atoms with Crippen LogP contribution >= 0.6 is 0 Å². The fourth-order valence-electron chi connectivity index (χ4n) is 5.89. The molecule has 8 heteroatoms. The van der Waals surface area contributed by atoms with Crippen LogP contribution in [-0.2, 0) is 23.9 Å². The predicted octanol–water partition coefficient (Wildman–Crippen LogP) is 2.21. The molecule has 0 aromatic carbocycles. The average molecular weight is 475 g/mol. The number of likely N-dealkylation sites (tertiary alicyclic amines) is 1. The van der Waals surface area contributed by atoms with Crippen molar-refractivity contribution in [3.8, 4) is 0 Å².